The molecule has 0 fully saturated rings. The molecule has 1 aromatic carbocycles. The molecule has 1 aromatic rings. The van der Waals surface area contributed by atoms with Crippen LogP contribution in [0.3, 0.4) is 0 Å². The lowest BCUT2D eigenvalue weighted by molar-refractivity contribution is 0.281. The highest BCUT2D eigenvalue weighted by atomic mass is 16.5. The molecule has 3 rings (SSSR count). The predicted molar refractivity (Wildman–Crippen MR) is 103 cm³/mol. The van der Waals surface area contributed by atoms with E-state index >= 15 is 0 Å². The summed E-state index contributed by atoms with van der Waals surface area (Å²) in [6, 6.07) is 6.84. The fraction of sp³-hybridized carbons (Fsp3) is 0.429. The molecule has 1 aliphatic carbocycles. The van der Waals surface area contributed by atoms with Crippen LogP contribution in [0.25, 0.3) is 6.08 Å². The molecule has 1 unspecified atom stereocenters. The van der Waals surface area contributed by atoms with Crippen LogP contribution in [0.5, 0.6) is 5.75 Å². The molecule has 1 heterocycles. The Kier molecular flexibility index (Phi) is 5.10. The van der Waals surface area contributed by atoms with Crippen molar-refractivity contribution in [3.8, 4) is 5.75 Å². The van der Waals surface area contributed by atoms with Crippen LogP contribution in [0.15, 0.2) is 47.8 Å². The molecule has 0 amide bonds. The van der Waals surface area contributed by atoms with Gasteiger partial charge in [-0.25, -0.2) is 0 Å². The monoisotopic (exact) mass is 324 g/mol. The van der Waals surface area contributed by atoms with Gasteiger partial charge in [0.15, 0.2) is 0 Å². The molecular weight excluding hydrogens is 296 g/mol. The Morgan fingerprint density at radius 2 is 1.75 bits per heavy atom. The van der Waals surface area contributed by atoms with E-state index in [9.17, 15) is 0 Å². The molecule has 0 saturated heterocycles. The van der Waals surface area contributed by atoms with Crippen molar-refractivity contribution in [2.75, 3.05) is 31.1 Å². The summed E-state index contributed by atoms with van der Waals surface area (Å²) in [5.74, 6) is 1.95. The summed E-state index contributed by atoms with van der Waals surface area (Å²) in [4.78, 5) is 4.77. The average molecular weight is 324 g/mol. The first kappa shape index (κ1) is 16.8. The SMILES string of the molecule is CCN(CC)c1ccc2c(c1)OC1=CC(N(CC)CC)C=CC1=C2. The van der Waals surface area contributed by atoms with Gasteiger partial charge in [0.1, 0.15) is 11.5 Å². The third-order valence-electron chi connectivity index (χ3n) is 4.97. The number of fused-ring (bicyclic) bond motifs is 2. The second-order valence-electron chi connectivity index (χ2n) is 6.20. The first-order valence-electron chi connectivity index (χ1n) is 9.13. The fourth-order valence-corrected chi connectivity index (χ4v) is 3.48. The molecule has 0 N–H and O–H groups in total. The van der Waals surface area contributed by atoms with Crippen LogP contribution in [0.2, 0.25) is 0 Å². The second-order valence-corrected chi connectivity index (χ2v) is 6.20. The lowest BCUT2D eigenvalue weighted by Gasteiger charge is -2.30. The molecule has 1 aliphatic heterocycles. The van der Waals surface area contributed by atoms with E-state index in [0.29, 0.717) is 6.04 Å². The number of benzene rings is 1. The topological polar surface area (TPSA) is 15.7 Å². The minimum atomic E-state index is 0.319. The van der Waals surface area contributed by atoms with E-state index in [1.54, 1.807) is 0 Å². The fourth-order valence-electron chi connectivity index (χ4n) is 3.48. The van der Waals surface area contributed by atoms with E-state index in [1.165, 1.54) is 11.3 Å². The number of hydrogen-bond donors (Lipinski definition) is 0. The standard InChI is InChI=1S/C21H28N2O/c1-5-22(6-2)18-11-9-16-13-17-10-12-19(23(7-3)8-4)15-21(17)24-20(16)14-18/h9-15,18H,5-8H2,1-4H3. The summed E-state index contributed by atoms with van der Waals surface area (Å²) >= 11 is 0. The number of nitrogens with zero attached hydrogens (tertiary/aromatic N) is 2. The van der Waals surface area contributed by atoms with E-state index in [2.05, 4.69) is 80.0 Å². The van der Waals surface area contributed by atoms with Crippen LogP contribution < -0.4 is 9.64 Å². The first-order valence-corrected chi connectivity index (χ1v) is 9.13. The van der Waals surface area contributed by atoms with Crippen molar-refractivity contribution in [2.24, 2.45) is 0 Å². The van der Waals surface area contributed by atoms with Crippen molar-refractivity contribution in [3.63, 3.8) is 0 Å². The highest BCUT2D eigenvalue weighted by molar-refractivity contribution is 5.73. The van der Waals surface area contributed by atoms with E-state index in [1.807, 2.05) is 0 Å². The van der Waals surface area contributed by atoms with Gasteiger partial charge in [0.2, 0.25) is 0 Å². The van der Waals surface area contributed by atoms with E-state index in [0.717, 1.165) is 43.3 Å². The van der Waals surface area contributed by atoms with E-state index in [4.69, 9.17) is 4.74 Å². The smallest absolute Gasteiger partial charge is 0.136 e. The summed E-state index contributed by atoms with van der Waals surface area (Å²) in [6.45, 7) is 12.9. The van der Waals surface area contributed by atoms with Gasteiger partial charge >= 0.3 is 0 Å². The second kappa shape index (κ2) is 7.27. The number of ether oxygens (including phenoxy) is 1. The molecule has 0 bridgehead atoms. The van der Waals surface area contributed by atoms with Crippen LogP contribution in [0, 0.1) is 0 Å². The largest absolute Gasteiger partial charge is 0.456 e. The van der Waals surface area contributed by atoms with Gasteiger partial charge in [-0.05, 0) is 51.2 Å². The molecule has 128 valence electrons. The molecule has 0 spiro atoms. The molecule has 3 heteroatoms. The van der Waals surface area contributed by atoms with Crippen LogP contribution in [0.1, 0.15) is 33.3 Å². The molecule has 2 aliphatic rings. The van der Waals surface area contributed by atoms with Gasteiger partial charge < -0.3 is 9.64 Å². The van der Waals surface area contributed by atoms with Crippen molar-refractivity contribution in [2.45, 2.75) is 33.7 Å². The lowest BCUT2D eigenvalue weighted by atomic mass is 9.98. The highest BCUT2D eigenvalue weighted by Crippen LogP contribution is 2.37. The summed E-state index contributed by atoms with van der Waals surface area (Å²) in [6.07, 6.45) is 8.93. The van der Waals surface area contributed by atoms with Gasteiger partial charge in [-0.1, -0.05) is 26.0 Å². The van der Waals surface area contributed by atoms with Crippen molar-refractivity contribution in [3.05, 3.63) is 53.3 Å². The van der Waals surface area contributed by atoms with Crippen molar-refractivity contribution in [1.82, 2.24) is 4.90 Å². The third kappa shape index (κ3) is 3.13. The van der Waals surface area contributed by atoms with Crippen LogP contribution in [-0.2, 0) is 0 Å². The quantitative estimate of drug-likeness (QED) is 0.768. The Hall–Kier alpha value is -2.00. The van der Waals surface area contributed by atoms with Crippen LogP contribution in [-0.4, -0.2) is 37.1 Å². The van der Waals surface area contributed by atoms with Crippen LogP contribution in [0.4, 0.5) is 5.69 Å². The molecule has 0 saturated carbocycles. The number of allylic oxidation sites excluding steroid dienone is 1. The number of rotatable bonds is 6. The third-order valence-corrected chi connectivity index (χ3v) is 4.97. The maximum Gasteiger partial charge on any atom is 0.136 e. The molecule has 0 radical (unpaired) electrons. The molecule has 24 heavy (non-hydrogen) atoms. The van der Waals surface area contributed by atoms with Gasteiger partial charge in [-0.2, -0.15) is 0 Å². The van der Waals surface area contributed by atoms with E-state index in [-0.39, 0.29) is 0 Å². The number of hydrogen-bond acceptors (Lipinski definition) is 3. The highest BCUT2D eigenvalue weighted by Gasteiger charge is 2.22. The zero-order chi connectivity index (χ0) is 17.1. The summed E-state index contributed by atoms with van der Waals surface area (Å²) < 4.78 is 6.27. The van der Waals surface area contributed by atoms with Crippen molar-refractivity contribution in [1.29, 1.82) is 0 Å². The zero-order valence-corrected chi connectivity index (χ0v) is 15.2. The minimum Gasteiger partial charge on any atom is -0.456 e. The molecule has 1 atom stereocenters. The zero-order valence-electron chi connectivity index (χ0n) is 15.2. The average Bonchev–Trinajstić information content (AvgIpc) is 2.62. The predicted octanol–water partition coefficient (Wildman–Crippen LogP) is 4.47. The minimum absolute atomic E-state index is 0.319. The first-order chi connectivity index (χ1) is 11.7. The number of likely N-dealkylation sites (N-methyl/N-ethyl adjacent to an activating group) is 1. The molecular formula is C21H28N2O. The Labute approximate surface area is 145 Å². The van der Waals surface area contributed by atoms with Crippen molar-refractivity contribution >= 4 is 11.8 Å². The van der Waals surface area contributed by atoms with Gasteiger partial charge in [-0.15, -0.1) is 0 Å². The Morgan fingerprint density at radius 3 is 2.42 bits per heavy atom. The normalized spacial score (nSPS) is 18.5. The summed E-state index contributed by atoms with van der Waals surface area (Å²) in [7, 11) is 0. The van der Waals surface area contributed by atoms with Gasteiger partial charge in [-0.3, -0.25) is 4.90 Å². The van der Waals surface area contributed by atoms with E-state index < -0.39 is 0 Å². The Bertz CT molecular complexity index is 679. The number of anilines is 1. The summed E-state index contributed by atoms with van der Waals surface area (Å²) in [5, 5.41) is 0. The lowest BCUT2D eigenvalue weighted by Crippen LogP contribution is -2.34. The van der Waals surface area contributed by atoms with Crippen LogP contribution >= 0.6 is 0 Å². The maximum absolute atomic E-state index is 6.27. The summed E-state index contributed by atoms with van der Waals surface area (Å²) in [5.41, 5.74) is 3.55. The Morgan fingerprint density at radius 1 is 1.00 bits per heavy atom. The Balaban J connectivity index is 1.90. The molecule has 0 aromatic heterocycles. The van der Waals surface area contributed by atoms with Gasteiger partial charge in [0.25, 0.3) is 0 Å². The molecule has 3 nitrogen and oxygen atoms in total. The van der Waals surface area contributed by atoms with Gasteiger partial charge in [0, 0.05) is 36.0 Å². The van der Waals surface area contributed by atoms with Gasteiger partial charge in [0.05, 0.1) is 6.04 Å². The van der Waals surface area contributed by atoms with Crippen molar-refractivity contribution < 1.29 is 4.74 Å². The maximum atomic E-state index is 6.27.